The van der Waals surface area contributed by atoms with Crippen molar-refractivity contribution in [3.63, 3.8) is 0 Å². The van der Waals surface area contributed by atoms with Gasteiger partial charge >= 0.3 is 0 Å². The zero-order chi connectivity index (χ0) is 15.4. The third kappa shape index (κ3) is 3.77. The molecule has 3 nitrogen and oxygen atoms in total. The summed E-state index contributed by atoms with van der Waals surface area (Å²) >= 11 is 3.11. The highest BCUT2D eigenvalue weighted by molar-refractivity contribution is 9.10. The zero-order valence-electron chi connectivity index (χ0n) is 11.4. The van der Waals surface area contributed by atoms with Crippen molar-refractivity contribution in [2.75, 3.05) is 0 Å². The second-order valence-corrected chi connectivity index (χ2v) is 5.48. The average molecular weight is 357 g/mol. The van der Waals surface area contributed by atoms with Gasteiger partial charge in [-0.1, -0.05) is 28.9 Å². The van der Waals surface area contributed by atoms with Crippen molar-refractivity contribution in [2.45, 2.75) is 25.5 Å². The molecule has 2 unspecified atom stereocenters. The first-order valence-corrected chi connectivity index (χ1v) is 7.30. The topological polar surface area (TPSA) is 48.1 Å². The van der Waals surface area contributed by atoms with E-state index in [1.54, 1.807) is 24.4 Å². The Morgan fingerprint density at radius 1 is 1.33 bits per heavy atom. The van der Waals surface area contributed by atoms with Gasteiger partial charge in [-0.15, -0.1) is 0 Å². The average Bonchev–Trinajstić information content (AvgIpc) is 2.49. The summed E-state index contributed by atoms with van der Waals surface area (Å²) in [4.78, 5) is 4.19. The number of rotatable bonds is 5. The van der Waals surface area contributed by atoms with E-state index in [0.717, 1.165) is 6.07 Å². The fourth-order valence-corrected chi connectivity index (χ4v) is 2.29. The van der Waals surface area contributed by atoms with E-state index in [1.165, 1.54) is 6.07 Å². The molecule has 1 heterocycles. The SMILES string of the molecule is CCC(N)C(Oc1cc(Br)cc(F)c1F)c1ccccn1. The molecule has 6 heteroatoms. The molecule has 112 valence electrons. The minimum absolute atomic E-state index is 0.193. The van der Waals surface area contributed by atoms with E-state index in [9.17, 15) is 8.78 Å². The van der Waals surface area contributed by atoms with Gasteiger partial charge in [0.05, 0.1) is 5.69 Å². The quantitative estimate of drug-likeness (QED) is 0.824. The molecule has 21 heavy (non-hydrogen) atoms. The predicted octanol–water partition coefficient (Wildman–Crippen LogP) is 3.98. The summed E-state index contributed by atoms with van der Waals surface area (Å²) in [6.45, 7) is 1.89. The van der Waals surface area contributed by atoms with Crippen molar-refractivity contribution in [3.05, 3.63) is 58.3 Å². The highest BCUT2D eigenvalue weighted by Gasteiger charge is 2.24. The number of nitrogens with two attached hydrogens (primary N) is 1. The maximum absolute atomic E-state index is 13.8. The summed E-state index contributed by atoms with van der Waals surface area (Å²) in [6, 6.07) is 7.32. The maximum atomic E-state index is 13.8. The maximum Gasteiger partial charge on any atom is 0.200 e. The second kappa shape index (κ2) is 6.95. The summed E-state index contributed by atoms with van der Waals surface area (Å²) in [5.74, 6) is -2.21. The predicted molar refractivity (Wildman–Crippen MR) is 79.9 cm³/mol. The summed E-state index contributed by atoms with van der Waals surface area (Å²) in [5, 5.41) is 0. The van der Waals surface area contributed by atoms with Crippen LogP contribution >= 0.6 is 15.9 Å². The van der Waals surface area contributed by atoms with E-state index in [1.807, 2.05) is 6.92 Å². The lowest BCUT2D eigenvalue weighted by molar-refractivity contribution is 0.157. The molecule has 0 amide bonds. The Bertz CT molecular complexity index is 610. The van der Waals surface area contributed by atoms with E-state index in [2.05, 4.69) is 20.9 Å². The van der Waals surface area contributed by atoms with Gasteiger partial charge in [0.1, 0.15) is 0 Å². The number of halogens is 3. The molecule has 2 N–H and O–H groups in total. The van der Waals surface area contributed by atoms with Crippen LogP contribution in [0, 0.1) is 11.6 Å². The molecule has 2 atom stereocenters. The first kappa shape index (κ1) is 15.9. The van der Waals surface area contributed by atoms with Crippen LogP contribution in [-0.4, -0.2) is 11.0 Å². The lowest BCUT2D eigenvalue weighted by Crippen LogP contribution is -2.32. The fourth-order valence-electron chi connectivity index (χ4n) is 1.88. The molecule has 0 fully saturated rings. The summed E-state index contributed by atoms with van der Waals surface area (Å²) in [5.41, 5.74) is 6.61. The minimum Gasteiger partial charge on any atom is -0.479 e. The number of hydrogen-bond acceptors (Lipinski definition) is 3. The van der Waals surface area contributed by atoms with Crippen molar-refractivity contribution in [1.82, 2.24) is 4.98 Å². The molecule has 0 saturated carbocycles. The standard InChI is InChI=1S/C15H15BrF2N2O/c1-2-11(19)15(12-5-3-4-6-20-12)21-13-8-9(16)7-10(17)14(13)18/h3-8,11,15H,2,19H2,1H3. The summed E-state index contributed by atoms with van der Waals surface area (Å²) in [6.07, 6.45) is 1.56. The van der Waals surface area contributed by atoms with Gasteiger partial charge in [-0.05, 0) is 30.7 Å². The molecule has 0 radical (unpaired) electrons. The Hall–Kier alpha value is -1.53. The monoisotopic (exact) mass is 356 g/mol. The van der Waals surface area contributed by atoms with E-state index in [0.29, 0.717) is 16.6 Å². The van der Waals surface area contributed by atoms with Crippen LogP contribution in [0.2, 0.25) is 0 Å². The Morgan fingerprint density at radius 2 is 2.10 bits per heavy atom. The van der Waals surface area contributed by atoms with Crippen LogP contribution in [0.3, 0.4) is 0 Å². The molecular formula is C15H15BrF2N2O. The lowest BCUT2D eigenvalue weighted by Gasteiger charge is -2.24. The Balaban J connectivity index is 2.36. The van der Waals surface area contributed by atoms with Crippen LogP contribution in [0.1, 0.15) is 25.1 Å². The van der Waals surface area contributed by atoms with Crippen molar-refractivity contribution in [2.24, 2.45) is 5.73 Å². The fraction of sp³-hybridized carbons (Fsp3) is 0.267. The first-order valence-electron chi connectivity index (χ1n) is 6.50. The molecule has 0 aliphatic heterocycles. The lowest BCUT2D eigenvalue weighted by atomic mass is 10.1. The number of pyridine rings is 1. The van der Waals surface area contributed by atoms with Gasteiger partial charge in [-0.3, -0.25) is 4.98 Å². The Labute approximate surface area is 130 Å². The van der Waals surface area contributed by atoms with Crippen molar-refractivity contribution in [3.8, 4) is 5.75 Å². The largest absolute Gasteiger partial charge is 0.479 e. The zero-order valence-corrected chi connectivity index (χ0v) is 13.0. The van der Waals surface area contributed by atoms with E-state index in [4.69, 9.17) is 10.5 Å². The van der Waals surface area contributed by atoms with Crippen LogP contribution in [0.15, 0.2) is 41.0 Å². The van der Waals surface area contributed by atoms with Crippen LogP contribution in [0.5, 0.6) is 5.75 Å². The first-order chi connectivity index (χ1) is 10.0. The van der Waals surface area contributed by atoms with Crippen LogP contribution < -0.4 is 10.5 Å². The van der Waals surface area contributed by atoms with Crippen molar-refractivity contribution >= 4 is 15.9 Å². The van der Waals surface area contributed by atoms with Gasteiger partial charge in [0.2, 0.25) is 5.82 Å². The number of benzene rings is 1. The highest BCUT2D eigenvalue weighted by atomic mass is 79.9. The van der Waals surface area contributed by atoms with Crippen molar-refractivity contribution in [1.29, 1.82) is 0 Å². The highest BCUT2D eigenvalue weighted by Crippen LogP contribution is 2.30. The molecule has 1 aromatic carbocycles. The van der Waals surface area contributed by atoms with Gasteiger partial charge in [0, 0.05) is 16.7 Å². The minimum atomic E-state index is -1.04. The second-order valence-electron chi connectivity index (χ2n) is 4.56. The number of aromatic nitrogens is 1. The van der Waals surface area contributed by atoms with Gasteiger partial charge in [-0.2, -0.15) is 4.39 Å². The molecule has 0 spiro atoms. The van der Waals surface area contributed by atoms with E-state index in [-0.39, 0.29) is 11.8 Å². The van der Waals surface area contributed by atoms with Crippen LogP contribution in [0.25, 0.3) is 0 Å². The van der Waals surface area contributed by atoms with Gasteiger partial charge < -0.3 is 10.5 Å². The molecule has 1 aromatic heterocycles. The molecule has 0 bridgehead atoms. The Morgan fingerprint density at radius 3 is 2.71 bits per heavy atom. The molecule has 0 aliphatic carbocycles. The molecule has 2 rings (SSSR count). The van der Waals surface area contributed by atoms with Crippen LogP contribution in [0.4, 0.5) is 8.78 Å². The molecular weight excluding hydrogens is 342 g/mol. The van der Waals surface area contributed by atoms with Gasteiger partial charge in [-0.25, -0.2) is 4.39 Å². The Kier molecular flexibility index (Phi) is 5.25. The normalized spacial score (nSPS) is 13.8. The molecule has 0 saturated heterocycles. The number of ether oxygens (including phenoxy) is 1. The van der Waals surface area contributed by atoms with Crippen LogP contribution in [-0.2, 0) is 0 Å². The van der Waals surface area contributed by atoms with Gasteiger partial charge in [0.15, 0.2) is 17.7 Å². The molecule has 2 aromatic rings. The smallest absolute Gasteiger partial charge is 0.200 e. The number of hydrogen-bond donors (Lipinski definition) is 1. The number of nitrogens with zero attached hydrogens (tertiary/aromatic N) is 1. The van der Waals surface area contributed by atoms with Crippen molar-refractivity contribution < 1.29 is 13.5 Å². The van der Waals surface area contributed by atoms with Gasteiger partial charge in [0.25, 0.3) is 0 Å². The molecule has 0 aliphatic rings. The summed E-state index contributed by atoms with van der Waals surface area (Å²) in [7, 11) is 0. The van der Waals surface area contributed by atoms with E-state index >= 15 is 0 Å². The third-order valence-electron chi connectivity index (χ3n) is 3.05. The van der Waals surface area contributed by atoms with E-state index < -0.39 is 17.7 Å². The summed E-state index contributed by atoms with van der Waals surface area (Å²) < 4.78 is 33.3. The third-order valence-corrected chi connectivity index (χ3v) is 3.51.